The van der Waals surface area contributed by atoms with E-state index in [1.165, 1.54) is 6.42 Å². The Morgan fingerprint density at radius 1 is 1.21 bits per heavy atom. The summed E-state index contributed by atoms with van der Waals surface area (Å²) in [6, 6.07) is 6.66. The second-order valence-electron chi connectivity index (χ2n) is 4.80. The molecular weight excluding hydrogens is 262 g/mol. The van der Waals surface area contributed by atoms with Crippen LogP contribution < -0.4 is 4.89 Å². The molecule has 0 bridgehead atoms. The highest BCUT2D eigenvalue weighted by atomic mass is 32.2. The predicted octanol–water partition coefficient (Wildman–Crippen LogP) is 2.71. The molecule has 0 saturated carbocycles. The number of rotatable bonds is 5. The molecule has 0 saturated heterocycles. The molecule has 1 aliphatic carbocycles. The summed E-state index contributed by atoms with van der Waals surface area (Å²) in [5.41, 5.74) is 2.19. The Morgan fingerprint density at radius 3 is 2.58 bits per heavy atom. The molecule has 2 rings (SSSR count). The largest absolute Gasteiger partial charge is 0.282 e. The van der Waals surface area contributed by atoms with Crippen molar-refractivity contribution in [3.63, 3.8) is 0 Å². The molecule has 0 fully saturated rings. The van der Waals surface area contributed by atoms with E-state index in [9.17, 15) is 8.42 Å². The van der Waals surface area contributed by atoms with E-state index < -0.39 is 10.0 Å². The molecule has 1 N–H and O–H groups in total. The van der Waals surface area contributed by atoms with Gasteiger partial charge < -0.3 is 0 Å². The zero-order valence-electron chi connectivity index (χ0n) is 11.1. The molecule has 104 valence electrons. The van der Waals surface area contributed by atoms with Crippen LogP contribution in [0.3, 0.4) is 0 Å². The van der Waals surface area contributed by atoms with Crippen LogP contribution in [0.25, 0.3) is 0 Å². The second kappa shape index (κ2) is 6.32. The zero-order valence-corrected chi connectivity index (χ0v) is 11.9. The van der Waals surface area contributed by atoms with Gasteiger partial charge in [0.2, 0.25) is 0 Å². The first kappa shape index (κ1) is 14.2. The summed E-state index contributed by atoms with van der Waals surface area (Å²) in [6.45, 7) is 2.24. The Balaban J connectivity index is 1.90. The van der Waals surface area contributed by atoms with Crippen LogP contribution in [-0.4, -0.2) is 15.0 Å². The lowest BCUT2D eigenvalue weighted by Gasteiger charge is -2.13. The van der Waals surface area contributed by atoms with Gasteiger partial charge in [0.1, 0.15) is 0 Å². The normalized spacial score (nSPS) is 16.2. The van der Waals surface area contributed by atoms with Crippen molar-refractivity contribution in [3.8, 4) is 0 Å². The first-order valence-electron chi connectivity index (χ1n) is 6.46. The fraction of sp³-hybridized carbons (Fsp3) is 0.429. The van der Waals surface area contributed by atoms with Crippen LogP contribution in [0, 0.1) is 6.92 Å². The van der Waals surface area contributed by atoms with E-state index in [0.717, 1.165) is 30.4 Å². The third-order valence-corrected chi connectivity index (χ3v) is 4.37. The van der Waals surface area contributed by atoms with E-state index >= 15 is 0 Å². The minimum atomic E-state index is -3.58. The van der Waals surface area contributed by atoms with Crippen molar-refractivity contribution >= 4 is 10.0 Å². The number of hydrogen-bond donors (Lipinski definition) is 1. The summed E-state index contributed by atoms with van der Waals surface area (Å²) >= 11 is 0. The van der Waals surface area contributed by atoms with E-state index in [4.69, 9.17) is 4.84 Å². The molecule has 1 aromatic rings. The maximum Gasteiger partial charge on any atom is 0.262 e. The summed E-state index contributed by atoms with van der Waals surface area (Å²) in [4.78, 5) is 7.51. The quantitative estimate of drug-likeness (QED) is 0.667. The summed E-state index contributed by atoms with van der Waals surface area (Å²) in [5, 5.41) is 0. The lowest BCUT2D eigenvalue weighted by molar-refractivity contribution is 0.111. The highest BCUT2D eigenvalue weighted by Crippen LogP contribution is 2.17. The molecule has 0 aromatic heterocycles. The molecule has 0 aliphatic heterocycles. The average Bonchev–Trinajstić information content (AvgIpc) is 2.40. The Hall–Kier alpha value is -1.17. The van der Waals surface area contributed by atoms with E-state index in [0.29, 0.717) is 6.61 Å². The first-order valence-corrected chi connectivity index (χ1v) is 7.94. The van der Waals surface area contributed by atoms with Gasteiger partial charge in [-0.25, -0.2) is 8.42 Å². The zero-order chi connectivity index (χ0) is 13.7. The summed E-state index contributed by atoms with van der Waals surface area (Å²) in [6.07, 6.45) is 6.54. The van der Waals surface area contributed by atoms with Crippen molar-refractivity contribution in [2.75, 3.05) is 6.61 Å². The Labute approximate surface area is 114 Å². The van der Waals surface area contributed by atoms with Gasteiger partial charge >= 0.3 is 0 Å². The van der Waals surface area contributed by atoms with Gasteiger partial charge in [0.25, 0.3) is 10.0 Å². The van der Waals surface area contributed by atoms with Gasteiger partial charge in [0.15, 0.2) is 0 Å². The molecule has 0 spiro atoms. The van der Waals surface area contributed by atoms with E-state index in [1.54, 1.807) is 24.3 Å². The van der Waals surface area contributed by atoms with Crippen LogP contribution in [0.15, 0.2) is 40.8 Å². The number of sulfonamides is 1. The molecule has 5 heteroatoms. The first-order chi connectivity index (χ1) is 9.08. The third-order valence-electron chi connectivity index (χ3n) is 3.14. The Kier molecular flexibility index (Phi) is 4.74. The molecule has 0 unspecified atom stereocenters. The van der Waals surface area contributed by atoms with Crippen LogP contribution in [0.2, 0.25) is 0 Å². The maximum absolute atomic E-state index is 11.9. The van der Waals surface area contributed by atoms with Gasteiger partial charge in [-0.2, -0.15) is 0 Å². The molecule has 0 atom stereocenters. The highest BCUT2D eigenvalue weighted by Gasteiger charge is 2.14. The number of benzene rings is 1. The van der Waals surface area contributed by atoms with Crippen LogP contribution in [0.5, 0.6) is 0 Å². The molecule has 0 radical (unpaired) electrons. The SMILES string of the molecule is Cc1ccc(S(=O)(=O)NOCC2=CCCCC2)cc1. The third kappa shape index (κ3) is 4.16. The monoisotopic (exact) mass is 281 g/mol. The van der Waals surface area contributed by atoms with Gasteiger partial charge in [-0.15, -0.1) is 0 Å². The van der Waals surface area contributed by atoms with Crippen molar-refractivity contribution in [2.45, 2.75) is 37.5 Å². The summed E-state index contributed by atoms with van der Waals surface area (Å²) in [7, 11) is -3.58. The minimum absolute atomic E-state index is 0.218. The summed E-state index contributed by atoms with van der Waals surface area (Å²) < 4.78 is 23.9. The number of allylic oxidation sites excluding steroid dienone is 1. The summed E-state index contributed by atoms with van der Waals surface area (Å²) in [5.74, 6) is 0. The predicted molar refractivity (Wildman–Crippen MR) is 74.0 cm³/mol. The van der Waals surface area contributed by atoms with Gasteiger partial charge in [-0.3, -0.25) is 4.84 Å². The van der Waals surface area contributed by atoms with Crippen LogP contribution >= 0.6 is 0 Å². The maximum atomic E-state index is 11.9. The molecule has 4 nitrogen and oxygen atoms in total. The number of nitrogens with one attached hydrogen (secondary N) is 1. The lowest BCUT2D eigenvalue weighted by atomic mass is 10.0. The minimum Gasteiger partial charge on any atom is -0.282 e. The van der Waals surface area contributed by atoms with Crippen LogP contribution in [-0.2, 0) is 14.9 Å². The van der Waals surface area contributed by atoms with Gasteiger partial charge in [0, 0.05) is 0 Å². The van der Waals surface area contributed by atoms with E-state index in [-0.39, 0.29) is 4.90 Å². The Morgan fingerprint density at radius 2 is 1.95 bits per heavy atom. The van der Waals surface area contributed by atoms with Gasteiger partial charge in [0.05, 0.1) is 11.5 Å². The van der Waals surface area contributed by atoms with Crippen LogP contribution in [0.1, 0.15) is 31.2 Å². The molecular formula is C14H19NO3S. The standard InChI is InChI=1S/C14H19NO3S/c1-12-7-9-14(10-8-12)19(16,17)15-18-11-13-5-3-2-4-6-13/h5,7-10,15H,2-4,6,11H2,1H3. The average molecular weight is 281 g/mol. The Bertz CT molecular complexity index is 547. The van der Waals surface area contributed by atoms with Crippen molar-refractivity contribution in [3.05, 3.63) is 41.5 Å². The molecule has 1 aromatic carbocycles. The van der Waals surface area contributed by atoms with Gasteiger partial charge in [-0.05, 0) is 50.3 Å². The van der Waals surface area contributed by atoms with Crippen molar-refractivity contribution in [2.24, 2.45) is 0 Å². The van der Waals surface area contributed by atoms with E-state index in [2.05, 4.69) is 11.0 Å². The number of hydrogen-bond acceptors (Lipinski definition) is 3. The fourth-order valence-electron chi connectivity index (χ4n) is 2.00. The molecule has 0 amide bonds. The van der Waals surface area contributed by atoms with Crippen LogP contribution in [0.4, 0.5) is 0 Å². The topological polar surface area (TPSA) is 55.4 Å². The van der Waals surface area contributed by atoms with Crippen molar-refractivity contribution < 1.29 is 13.3 Å². The van der Waals surface area contributed by atoms with Crippen molar-refractivity contribution in [1.29, 1.82) is 0 Å². The fourth-order valence-corrected chi connectivity index (χ4v) is 2.81. The van der Waals surface area contributed by atoms with Gasteiger partial charge in [-0.1, -0.05) is 28.7 Å². The molecule has 1 aliphatic rings. The van der Waals surface area contributed by atoms with E-state index in [1.807, 2.05) is 6.92 Å². The molecule has 0 heterocycles. The lowest BCUT2D eigenvalue weighted by Crippen LogP contribution is -2.25. The number of aryl methyl sites for hydroxylation is 1. The second-order valence-corrected chi connectivity index (χ2v) is 6.44. The van der Waals surface area contributed by atoms with Crippen molar-refractivity contribution in [1.82, 2.24) is 4.89 Å². The highest BCUT2D eigenvalue weighted by molar-refractivity contribution is 7.89. The molecule has 19 heavy (non-hydrogen) atoms. The smallest absolute Gasteiger partial charge is 0.262 e.